The van der Waals surface area contributed by atoms with Crippen molar-refractivity contribution >= 4 is 31.9 Å². The molecule has 1 aromatic rings. The molecule has 1 aliphatic rings. The van der Waals surface area contributed by atoms with E-state index in [0.29, 0.717) is 24.5 Å². The van der Waals surface area contributed by atoms with Gasteiger partial charge < -0.3 is 11.2 Å². The number of nitrogens with two attached hydrogens (primary N) is 1. The lowest BCUT2D eigenvalue weighted by molar-refractivity contribution is 0.0994. The van der Waals surface area contributed by atoms with E-state index >= 15 is 0 Å². The van der Waals surface area contributed by atoms with Crippen molar-refractivity contribution < 1.29 is 36.2 Å². The molecule has 2 rings (SSSR count). The Balaban J connectivity index is 0. The molecule has 0 spiro atoms. The molecule has 0 bridgehead atoms. The summed E-state index contributed by atoms with van der Waals surface area (Å²) in [6, 6.07) is 5.37. The van der Waals surface area contributed by atoms with Crippen molar-refractivity contribution in [1.29, 1.82) is 5.41 Å². The second kappa shape index (κ2) is 9.44. The highest BCUT2D eigenvalue weighted by Gasteiger charge is 2.22. The van der Waals surface area contributed by atoms with Crippen LogP contribution in [0.5, 0.6) is 0 Å². The summed E-state index contributed by atoms with van der Waals surface area (Å²) in [5.74, 6) is 0.213. The predicted octanol–water partition coefficient (Wildman–Crippen LogP) is -0.717. The average molecular weight is 384 g/mol. The highest BCUT2D eigenvalue weighted by molar-refractivity contribution is 7.85. The molecule has 0 fully saturated rings. The van der Waals surface area contributed by atoms with Gasteiger partial charge in [0.05, 0.1) is 12.5 Å². The van der Waals surface area contributed by atoms with Crippen molar-refractivity contribution in [2.75, 3.05) is 12.5 Å². The topological polar surface area (TPSA) is 207 Å². The Kier molecular flexibility index (Phi) is 9.59. The Bertz CT molecular complexity index is 754. The Morgan fingerprint density at radius 1 is 1.08 bits per heavy atom. The summed E-state index contributed by atoms with van der Waals surface area (Å²) in [5, 5.41) is 7.34. The number of ketones is 1. The number of amidine groups is 1. The maximum Gasteiger partial charge on any atom is 0.261 e. The zero-order valence-electron chi connectivity index (χ0n) is 13.0. The lowest BCUT2D eigenvalue weighted by Gasteiger charge is -2.04. The molecule has 0 heterocycles. The number of nitrogen functional groups attached to an aromatic ring is 1. The fraction of sp³-hybridized carbons (Fsp3) is 0.333. The first-order valence-electron chi connectivity index (χ1n) is 6.04. The lowest BCUT2D eigenvalue weighted by atomic mass is 10.0. The summed E-state index contributed by atoms with van der Waals surface area (Å²) < 4.78 is 51.7. The molecule has 0 saturated heterocycles. The van der Waals surface area contributed by atoms with Crippen LogP contribution >= 0.6 is 0 Å². The lowest BCUT2D eigenvalue weighted by Crippen LogP contribution is -2.13. The molecule has 0 saturated carbocycles. The number of carbonyl (C=O) groups is 1. The van der Waals surface area contributed by atoms with Crippen LogP contribution in [-0.4, -0.2) is 55.5 Å². The molecule has 0 aliphatic heterocycles. The summed E-state index contributed by atoms with van der Waals surface area (Å²) in [6.07, 6.45) is 2.71. The number of nitrogens with one attached hydrogen (secondary N) is 1. The maximum atomic E-state index is 11.3. The van der Waals surface area contributed by atoms with E-state index in [9.17, 15) is 21.6 Å². The van der Waals surface area contributed by atoms with Crippen molar-refractivity contribution in [3.8, 4) is 0 Å². The monoisotopic (exact) mass is 384 g/mol. The number of carbonyl (C=O) groups excluding carboxylic acids is 1. The van der Waals surface area contributed by atoms with E-state index in [-0.39, 0.29) is 17.1 Å². The molecule has 12 heteroatoms. The third-order valence-corrected chi connectivity index (χ3v) is 2.37. The van der Waals surface area contributed by atoms with E-state index < -0.39 is 20.2 Å². The second-order valence-electron chi connectivity index (χ2n) is 4.63. The van der Waals surface area contributed by atoms with Crippen LogP contribution < -0.4 is 5.73 Å². The number of hydrogen-bond donors (Lipinski definition) is 4. The van der Waals surface area contributed by atoms with Crippen LogP contribution in [0.4, 0.5) is 0 Å². The molecule has 1 aromatic carbocycles. The highest BCUT2D eigenvalue weighted by Crippen LogP contribution is 2.24. The van der Waals surface area contributed by atoms with Crippen LogP contribution in [0.2, 0.25) is 0 Å². The standard InChI is InChI=1S/C10H10N2O.2CH4O3S.H2O/c11-10(12)8-3-1-2-7-6(8)4-5-9(7)13;2*1-5(2,3)4;/h1-3H,4-5H2,(H3,11,12);2*1H3,(H,2,3,4);1H2. The first kappa shape index (κ1) is 24.4. The molecule has 0 unspecified atom stereocenters. The molecule has 0 radical (unpaired) electrons. The van der Waals surface area contributed by atoms with Gasteiger partial charge in [0, 0.05) is 17.5 Å². The van der Waals surface area contributed by atoms with Gasteiger partial charge in [0.25, 0.3) is 20.2 Å². The zero-order chi connectivity index (χ0) is 18.4. The quantitative estimate of drug-likeness (QED) is 0.275. The van der Waals surface area contributed by atoms with Crippen LogP contribution in [0.3, 0.4) is 0 Å². The minimum Gasteiger partial charge on any atom is -0.412 e. The number of fused-ring (bicyclic) bond motifs is 1. The summed E-state index contributed by atoms with van der Waals surface area (Å²) in [7, 11) is -7.33. The summed E-state index contributed by atoms with van der Waals surface area (Å²) in [5.41, 5.74) is 7.80. The third kappa shape index (κ3) is 11.7. The SMILES string of the molecule is CS(=O)(=O)O.CS(=O)(=O)O.N=C(N)c1cccc2c1CCC2=O.O. The van der Waals surface area contributed by atoms with Gasteiger partial charge >= 0.3 is 0 Å². The summed E-state index contributed by atoms with van der Waals surface area (Å²) in [6.45, 7) is 0. The minimum atomic E-state index is -3.67. The first-order valence-corrected chi connectivity index (χ1v) is 9.74. The van der Waals surface area contributed by atoms with Crippen LogP contribution in [0.25, 0.3) is 0 Å². The molecular weight excluding hydrogens is 364 g/mol. The van der Waals surface area contributed by atoms with Gasteiger partial charge in [-0.3, -0.25) is 19.3 Å². The molecule has 7 N–H and O–H groups in total. The van der Waals surface area contributed by atoms with E-state index in [1.54, 1.807) is 18.2 Å². The summed E-state index contributed by atoms with van der Waals surface area (Å²) in [4.78, 5) is 11.3. The normalized spacial score (nSPS) is 12.6. The number of Topliss-reactive ketones (excluding diaryl/α,β-unsaturated/α-hetero) is 1. The van der Waals surface area contributed by atoms with Crippen LogP contribution in [0.1, 0.15) is 27.9 Å². The Hall–Kier alpha value is -1.86. The third-order valence-electron chi connectivity index (χ3n) is 2.37. The average Bonchev–Trinajstić information content (AvgIpc) is 2.67. The number of rotatable bonds is 1. The fourth-order valence-electron chi connectivity index (χ4n) is 1.74. The molecule has 138 valence electrons. The van der Waals surface area contributed by atoms with Gasteiger partial charge in [-0.15, -0.1) is 0 Å². The van der Waals surface area contributed by atoms with Crippen molar-refractivity contribution in [3.63, 3.8) is 0 Å². The maximum absolute atomic E-state index is 11.3. The van der Waals surface area contributed by atoms with Crippen molar-refractivity contribution in [2.24, 2.45) is 5.73 Å². The van der Waals surface area contributed by atoms with Crippen LogP contribution in [0.15, 0.2) is 18.2 Å². The van der Waals surface area contributed by atoms with Gasteiger partial charge in [-0.2, -0.15) is 16.8 Å². The van der Waals surface area contributed by atoms with Gasteiger partial charge in [-0.25, -0.2) is 0 Å². The van der Waals surface area contributed by atoms with Gasteiger partial charge in [-0.05, 0) is 12.0 Å². The molecule has 0 atom stereocenters. The molecule has 1 aliphatic carbocycles. The van der Waals surface area contributed by atoms with E-state index in [4.69, 9.17) is 20.2 Å². The van der Waals surface area contributed by atoms with Gasteiger partial charge in [0.2, 0.25) is 0 Å². The van der Waals surface area contributed by atoms with E-state index in [2.05, 4.69) is 0 Å². The molecule has 0 aromatic heterocycles. The van der Waals surface area contributed by atoms with Gasteiger partial charge in [-0.1, -0.05) is 18.2 Å². The minimum absolute atomic E-state index is 0. The van der Waals surface area contributed by atoms with E-state index in [1.807, 2.05) is 0 Å². The Morgan fingerprint density at radius 2 is 1.50 bits per heavy atom. The highest BCUT2D eigenvalue weighted by atomic mass is 32.2. The molecule has 24 heavy (non-hydrogen) atoms. The Morgan fingerprint density at radius 3 is 1.88 bits per heavy atom. The number of hydrogen-bond acceptors (Lipinski definition) is 6. The zero-order valence-corrected chi connectivity index (χ0v) is 14.6. The predicted molar refractivity (Wildman–Crippen MR) is 88.7 cm³/mol. The molecule has 10 nitrogen and oxygen atoms in total. The molecular formula is C12H20N2O8S2. The van der Waals surface area contributed by atoms with E-state index in [1.165, 1.54) is 0 Å². The van der Waals surface area contributed by atoms with E-state index in [0.717, 1.165) is 17.5 Å². The van der Waals surface area contributed by atoms with Crippen molar-refractivity contribution in [3.05, 3.63) is 34.9 Å². The van der Waals surface area contributed by atoms with Crippen molar-refractivity contribution in [1.82, 2.24) is 0 Å². The molecule has 0 amide bonds. The van der Waals surface area contributed by atoms with Crippen LogP contribution in [-0.2, 0) is 26.7 Å². The van der Waals surface area contributed by atoms with Gasteiger partial charge in [0.15, 0.2) is 5.78 Å². The largest absolute Gasteiger partial charge is 0.412 e. The van der Waals surface area contributed by atoms with Gasteiger partial charge in [0.1, 0.15) is 5.84 Å². The Labute approximate surface area is 140 Å². The first-order chi connectivity index (χ1) is 10.2. The smallest absolute Gasteiger partial charge is 0.261 e. The summed E-state index contributed by atoms with van der Waals surface area (Å²) >= 11 is 0. The van der Waals surface area contributed by atoms with Crippen molar-refractivity contribution in [2.45, 2.75) is 12.8 Å². The fourth-order valence-corrected chi connectivity index (χ4v) is 1.74. The van der Waals surface area contributed by atoms with Crippen LogP contribution in [0, 0.1) is 5.41 Å². The number of benzene rings is 1. The second-order valence-corrected chi connectivity index (χ2v) is 7.57.